The van der Waals surface area contributed by atoms with Gasteiger partial charge < -0.3 is 49.1 Å². The molecule has 15 nitrogen and oxygen atoms in total. The number of benzene rings is 2. The zero-order chi connectivity index (χ0) is 43.5. The molecule has 2 saturated carbocycles. The first-order chi connectivity index (χ1) is 27.5. The van der Waals surface area contributed by atoms with Gasteiger partial charge in [-0.25, -0.2) is 14.4 Å². The van der Waals surface area contributed by atoms with E-state index in [1.165, 1.54) is 26.2 Å². The minimum Gasteiger partial charge on any atom is -0.456 e. The van der Waals surface area contributed by atoms with Crippen LogP contribution in [0.25, 0.3) is 0 Å². The van der Waals surface area contributed by atoms with Gasteiger partial charge in [-0.3, -0.25) is 9.59 Å². The summed E-state index contributed by atoms with van der Waals surface area (Å²) in [6.07, 6.45) is -10.3. The second-order valence-corrected chi connectivity index (χ2v) is 17.8. The molecule has 6 rings (SSSR count). The molecule has 0 radical (unpaired) electrons. The van der Waals surface area contributed by atoms with E-state index in [0.717, 1.165) is 0 Å². The summed E-state index contributed by atoms with van der Waals surface area (Å²) in [4.78, 5) is 69.4. The number of aliphatic hydroxyl groups is 3. The number of carbonyl (C=O) groups excluding carboxylic acids is 5. The highest BCUT2D eigenvalue weighted by Crippen LogP contribution is 2.64. The second kappa shape index (κ2) is 15.7. The number of ketones is 1. The SMILES string of the molecule is CO[C@H]1C[C@H]2OC[C@@]2(OC(C)=O)C2C(OC(=O)c3ccccc3)[C@]3(O)C[C@H](OC(=O)[C@H](O)[C@@H](NC(=O)OC(C)(C)C)c4ccccc4)C(C)=C([C@@H](O)C(=O)[C@@]21C)C3(C)C. The number of aliphatic hydroxyl groups excluding tert-OH is 2. The fourth-order valence-electron chi connectivity index (χ4n) is 9.88. The number of fused-ring (bicyclic) bond motifs is 5. The number of nitrogens with one attached hydrogen (secondary N) is 1. The molecule has 320 valence electrons. The average molecular weight is 822 g/mol. The lowest BCUT2D eigenvalue weighted by molar-refractivity contribution is -0.347. The predicted molar refractivity (Wildman–Crippen MR) is 208 cm³/mol. The van der Waals surface area contributed by atoms with Crippen molar-refractivity contribution in [1.82, 2.24) is 5.32 Å². The molecule has 0 aromatic heterocycles. The number of esters is 3. The van der Waals surface area contributed by atoms with Crippen molar-refractivity contribution in [3.63, 3.8) is 0 Å². The zero-order valence-corrected chi connectivity index (χ0v) is 34.8. The fourth-order valence-corrected chi connectivity index (χ4v) is 9.88. The minimum atomic E-state index is -2.30. The number of Topliss-reactive ketones (excluding diaryl/α,β-unsaturated/α-hetero) is 1. The number of alkyl carbamates (subject to hydrolysis) is 1. The number of hydrogen-bond donors (Lipinski definition) is 4. The van der Waals surface area contributed by atoms with Crippen LogP contribution in [0.1, 0.15) is 90.2 Å². The van der Waals surface area contributed by atoms with Gasteiger partial charge in [-0.1, -0.05) is 62.4 Å². The summed E-state index contributed by atoms with van der Waals surface area (Å²) in [6, 6.07) is 14.8. The normalized spacial score (nSPS) is 33.3. The first kappa shape index (κ1) is 43.9. The summed E-state index contributed by atoms with van der Waals surface area (Å²) in [7, 11) is 1.39. The Labute approximate surface area is 343 Å². The van der Waals surface area contributed by atoms with E-state index in [1.54, 1.807) is 97.0 Å². The van der Waals surface area contributed by atoms with Gasteiger partial charge in [0.25, 0.3) is 0 Å². The standard InChI is InChI=1S/C44H55NO14/c1-23-27(56-38(51)33(48)31(25-16-12-10-13-17-25)45-39(52)59-40(3,4)5)21-44(53)36(57-37(50)26-18-14-11-15-19-26)34-42(8,35(49)32(47)30(23)41(44,6)7)28(54-9)20-29-43(34,22-55-29)58-24(2)46/h10-19,27-29,31-34,36,47-48,53H,20-22H2,1-9H3,(H,45,52)/t27-,28-,29+,31-,32+,33+,34?,36?,42+,43-,44+/m0/s1. The molecule has 3 fully saturated rings. The van der Waals surface area contributed by atoms with E-state index in [9.17, 15) is 34.5 Å². The molecule has 1 aliphatic heterocycles. The highest BCUT2D eigenvalue weighted by atomic mass is 16.6. The molecule has 59 heavy (non-hydrogen) atoms. The molecule has 1 saturated heterocycles. The lowest BCUT2D eigenvalue weighted by Crippen LogP contribution is -2.82. The lowest BCUT2D eigenvalue weighted by atomic mass is 9.44. The smallest absolute Gasteiger partial charge is 0.408 e. The van der Waals surface area contributed by atoms with Gasteiger partial charge in [0.15, 0.2) is 17.5 Å². The van der Waals surface area contributed by atoms with Gasteiger partial charge in [0, 0.05) is 32.3 Å². The highest BCUT2D eigenvalue weighted by molar-refractivity contribution is 5.94. The maximum absolute atomic E-state index is 15.2. The monoisotopic (exact) mass is 821 g/mol. The maximum Gasteiger partial charge on any atom is 0.408 e. The van der Waals surface area contributed by atoms with E-state index < -0.39 is 112 Å². The summed E-state index contributed by atoms with van der Waals surface area (Å²) in [5.74, 6) is -4.98. The molecule has 2 aromatic rings. The van der Waals surface area contributed by atoms with Crippen molar-refractivity contribution in [2.45, 2.75) is 128 Å². The number of ether oxygens (including phenoxy) is 6. The van der Waals surface area contributed by atoms with Crippen LogP contribution in [0, 0.1) is 16.7 Å². The van der Waals surface area contributed by atoms with Crippen LogP contribution in [0.2, 0.25) is 0 Å². The van der Waals surface area contributed by atoms with Gasteiger partial charge in [0.2, 0.25) is 0 Å². The Kier molecular flexibility index (Phi) is 11.7. The van der Waals surface area contributed by atoms with Crippen LogP contribution in [0.3, 0.4) is 0 Å². The molecular formula is C44H55NO14. The number of methoxy groups -OCH3 is 1. The van der Waals surface area contributed by atoms with E-state index in [1.807, 2.05) is 0 Å². The van der Waals surface area contributed by atoms with Crippen LogP contribution >= 0.6 is 0 Å². The third-order valence-electron chi connectivity index (χ3n) is 12.8. The van der Waals surface area contributed by atoms with Crippen molar-refractivity contribution >= 4 is 29.8 Å². The number of carbonyl (C=O) groups is 5. The zero-order valence-electron chi connectivity index (χ0n) is 34.8. The molecule has 11 atom stereocenters. The topological polar surface area (TPSA) is 213 Å². The third-order valence-corrected chi connectivity index (χ3v) is 12.8. The molecule has 2 bridgehead atoms. The largest absolute Gasteiger partial charge is 0.456 e. The van der Waals surface area contributed by atoms with Gasteiger partial charge >= 0.3 is 24.0 Å². The molecule has 3 aliphatic carbocycles. The molecule has 4 N–H and O–H groups in total. The Morgan fingerprint density at radius 3 is 2.12 bits per heavy atom. The molecule has 15 heteroatoms. The Morgan fingerprint density at radius 2 is 1.58 bits per heavy atom. The van der Waals surface area contributed by atoms with Crippen LogP contribution in [0.15, 0.2) is 71.8 Å². The number of amides is 1. The lowest BCUT2D eigenvalue weighted by Gasteiger charge is -2.67. The van der Waals surface area contributed by atoms with E-state index in [-0.39, 0.29) is 29.7 Å². The molecule has 4 aliphatic rings. The van der Waals surface area contributed by atoms with Crippen LogP contribution in [0.5, 0.6) is 0 Å². The molecule has 1 amide bonds. The summed E-state index contributed by atoms with van der Waals surface area (Å²) in [5, 5.41) is 40.1. The first-order valence-corrected chi connectivity index (χ1v) is 19.7. The molecule has 0 spiro atoms. The van der Waals surface area contributed by atoms with Crippen molar-refractivity contribution < 1.29 is 67.7 Å². The quantitative estimate of drug-likeness (QED) is 0.161. The van der Waals surface area contributed by atoms with E-state index in [4.69, 9.17) is 28.4 Å². The van der Waals surface area contributed by atoms with Gasteiger partial charge in [-0.05, 0) is 63.5 Å². The molecule has 1 heterocycles. The Morgan fingerprint density at radius 1 is 0.966 bits per heavy atom. The summed E-state index contributed by atoms with van der Waals surface area (Å²) < 4.78 is 35.9. The Balaban J connectivity index is 1.50. The third kappa shape index (κ3) is 7.45. The number of hydrogen-bond acceptors (Lipinski definition) is 14. The van der Waals surface area contributed by atoms with Crippen molar-refractivity contribution in [3.05, 3.63) is 82.9 Å². The second-order valence-electron chi connectivity index (χ2n) is 17.8. The van der Waals surface area contributed by atoms with Crippen molar-refractivity contribution in [2.75, 3.05) is 13.7 Å². The molecule has 2 aromatic carbocycles. The van der Waals surface area contributed by atoms with E-state index >= 15 is 4.79 Å². The molecule has 2 unspecified atom stereocenters. The van der Waals surface area contributed by atoms with Crippen LogP contribution in [-0.2, 0) is 42.8 Å². The van der Waals surface area contributed by atoms with Crippen molar-refractivity contribution in [2.24, 2.45) is 16.7 Å². The Bertz CT molecular complexity index is 1990. The van der Waals surface area contributed by atoms with Crippen molar-refractivity contribution in [3.8, 4) is 0 Å². The first-order valence-electron chi connectivity index (χ1n) is 19.7. The minimum absolute atomic E-state index is 0.00108. The summed E-state index contributed by atoms with van der Waals surface area (Å²) in [5.41, 5.74) is -7.57. The summed E-state index contributed by atoms with van der Waals surface area (Å²) >= 11 is 0. The predicted octanol–water partition coefficient (Wildman–Crippen LogP) is 3.91. The van der Waals surface area contributed by atoms with Gasteiger partial charge in [0.05, 0.1) is 35.6 Å². The summed E-state index contributed by atoms with van der Waals surface area (Å²) in [6.45, 7) is 12.2. The van der Waals surface area contributed by atoms with Gasteiger partial charge in [-0.2, -0.15) is 0 Å². The van der Waals surface area contributed by atoms with Gasteiger partial charge in [0.1, 0.15) is 35.6 Å². The van der Waals surface area contributed by atoms with Crippen LogP contribution < -0.4 is 5.32 Å². The fraction of sp³-hybridized carbons (Fsp3) is 0.568. The van der Waals surface area contributed by atoms with Gasteiger partial charge in [-0.15, -0.1) is 0 Å². The van der Waals surface area contributed by atoms with Crippen LogP contribution in [-0.4, -0.2) is 112 Å². The average Bonchev–Trinajstić information content (AvgIpc) is 3.16. The van der Waals surface area contributed by atoms with E-state index in [0.29, 0.717) is 5.56 Å². The Hall–Kier alpha value is -4.67. The number of rotatable bonds is 9. The molecular weight excluding hydrogens is 766 g/mol. The van der Waals surface area contributed by atoms with Crippen molar-refractivity contribution in [1.29, 1.82) is 0 Å². The highest BCUT2D eigenvalue weighted by Gasteiger charge is 2.78. The maximum atomic E-state index is 15.2. The van der Waals surface area contributed by atoms with Crippen LogP contribution in [0.4, 0.5) is 4.79 Å². The van der Waals surface area contributed by atoms with E-state index in [2.05, 4.69) is 5.32 Å².